The Hall–Kier alpha value is -1.64. The fourth-order valence-corrected chi connectivity index (χ4v) is 2.80. The Morgan fingerprint density at radius 1 is 1.41 bits per heavy atom. The second kappa shape index (κ2) is 3.99. The minimum atomic E-state index is 0.527. The third-order valence-corrected chi connectivity index (χ3v) is 3.69. The molecule has 0 unspecified atom stereocenters. The van der Waals surface area contributed by atoms with Gasteiger partial charge in [0.1, 0.15) is 11.5 Å². The van der Waals surface area contributed by atoms with Crippen LogP contribution in [0.5, 0.6) is 0 Å². The summed E-state index contributed by atoms with van der Waals surface area (Å²) in [6.07, 6.45) is 7.87. The number of rotatable bonds is 2. The topological polar surface area (TPSA) is 34.4 Å². The molecule has 3 rings (SSSR count). The molecular formula is C14H16N2O. The average Bonchev–Trinajstić information content (AvgIpc) is 2.94. The van der Waals surface area contributed by atoms with E-state index in [2.05, 4.69) is 15.5 Å². The molecular weight excluding hydrogens is 212 g/mol. The van der Waals surface area contributed by atoms with Gasteiger partial charge in [-0.25, -0.2) is 4.98 Å². The van der Waals surface area contributed by atoms with E-state index in [4.69, 9.17) is 0 Å². The molecule has 0 bridgehead atoms. The summed E-state index contributed by atoms with van der Waals surface area (Å²) < 4.78 is 2.09. The van der Waals surface area contributed by atoms with Crippen molar-refractivity contribution in [1.82, 2.24) is 9.38 Å². The van der Waals surface area contributed by atoms with E-state index in [1.54, 1.807) is 0 Å². The number of nitrogens with zero attached hydrogens (tertiary/aromatic N) is 2. The minimum Gasteiger partial charge on any atom is -0.303 e. The fraction of sp³-hybridized carbons (Fsp3) is 0.429. The van der Waals surface area contributed by atoms with Gasteiger partial charge in [0.05, 0.1) is 5.52 Å². The van der Waals surface area contributed by atoms with Gasteiger partial charge in [-0.1, -0.05) is 12.8 Å². The van der Waals surface area contributed by atoms with Crippen LogP contribution in [0.4, 0.5) is 0 Å². The number of carbonyl (C=O) groups excluding carboxylic acids is 1. The molecule has 1 aliphatic rings. The zero-order valence-electron chi connectivity index (χ0n) is 10.0. The Kier molecular flexibility index (Phi) is 2.46. The number of fused-ring (bicyclic) bond motifs is 1. The van der Waals surface area contributed by atoms with Gasteiger partial charge in [0.25, 0.3) is 0 Å². The number of carbonyl (C=O) groups is 1. The summed E-state index contributed by atoms with van der Waals surface area (Å²) in [5.74, 6) is 1.60. The largest absolute Gasteiger partial charge is 0.303 e. The van der Waals surface area contributed by atoms with Gasteiger partial charge < -0.3 is 4.40 Å². The first-order valence-electron chi connectivity index (χ1n) is 6.23. The molecule has 17 heavy (non-hydrogen) atoms. The molecule has 3 heteroatoms. The summed E-state index contributed by atoms with van der Waals surface area (Å²) in [4.78, 5) is 15.6. The number of hydrogen-bond donors (Lipinski definition) is 0. The van der Waals surface area contributed by atoms with E-state index in [9.17, 15) is 4.79 Å². The number of aldehydes is 1. The number of imidazole rings is 1. The molecule has 88 valence electrons. The first-order valence-corrected chi connectivity index (χ1v) is 6.23. The molecule has 1 aliphatic carbocycles. The molecule has 3 nitrogen and oxygen atoms in total. The maximum absolute atomic E-state index is 11.1. The summed E-state index contributed by atoms with van der Waals surface area (Å²) in [5.41, 5.74) is 2.69. The molecule has 0 N–H and O–H groups in total. The normalized spacial score (nSPS) is 16.8. The standard InChI is InChI=1S/C14H16N2O/c1-10-6-7-16-13(8-10)12(9-17)15-14(16)11-4-2-3-5-11/h6-9,11H,2-5H2,1H3. The summed E-state index contributed by atoms with van der Waals surface area (Å²) in [5, 5.41) is 0. The molecule has 1 fully saturated rings. The van der Waals surface area contributed by atoms with Crippen molar-refractivity contribution in [2.45, 2.75) is 38.5 Å². The molecule has 2 aromatic rings. The van der Waals surface area contributed by atoms with Gasteiger partial charge in [-0.3, -0.25) is 4.79 Å². The highest BCUT2D eigenvalue weighted by molar-refractivity contribution is 5.84. The lowest BCUT2D eigenvalue weighted by atomic mass is 10.1. The summed E-state index contributed by atoms with van der Waals surface area (Å²) >= 11 is 0. The Morgan fingerprint density at radius 2 is 2.18 bits per heavy atom. The van der Waals surface area contributed by atoms with Gasteiger partial charge in [0.15, 0.2) is 6.29 Å². The molecule has 1 saturated carbocycles. The predicted molar refractivity (Wildman–Crippen MR) is 66.5 cm³/mol. The van der Waals surface area contributed by atoms with Crippen LogP contribution in [-0.2, 0) is 0 Å². The highest BCUT2D eigenvalue weighted by Gasteiger charge is 2.23. The van der Waals surface area contributed by atoms with Crippen LogP contribution in [0.15, 0.2) is 18.3 Å². The van der Waals surface area contributed by atoms with Crippen molar-refractivity contribution in [2.24, 2.45) is 0 Å². The van der Waals surface area contributed by atoms with Crippen LogP contribution >= 0.6 is 0 Å². The van der Waals surface area contributed by atoms with Crippen LogP contribution in [0.3, 0.4) is 0 Å². The van der Waals surface area contributed by atoms with E-state index in [0.717, 1.165) is 17.6 Å². The van der Waals surface area contributed by atoms with Gasteiger partial charge in [0, 0.05) is 12.1 Å². The summed E-state index contributed by atoms with van der Waals surface area (Å²) in [7, 11) is 0. The predicted octanol–water partition coefficient (Wildman–Crippen LogP) is 3.11. The third-order valence-electron chi connectivity index (χ3n) is 3.69. The number of pyridine rings is 1. The second-order valence-electron chi connectivity index (χ2n) is 4.91. The highest BCUT2D eigenvalue weighted by atomic mass is 16.1. The maximum Gasteiger partial charge on any atom is 0.170 e. The molecule has 0 radical (unpaired) electrons. The van der Waals surface area contributed by atoms with Crippen molar-refractivity contribution in [2.75, 3.05) is 0 Å². The Bertz CT molecular complexity index is 565. The van der Waals surface area contributed by atoms with Gasteiger partial charge in [-0.05, 0) is 37.5 Å². The van der Waals surface area contributed by atoms with Gasteiger partial charge in [0.2, 0.25) is 0 Å². The summed E-state index contributed by atoms with van der Waals surface area (Å²) in [6, 6.07) is 4.11. The van der Waals surface area contributed by atoms with Crippen LogP contribution in [0, 0.1) is 6.92 Å². The summed E-state index contributed by atoms with van der Waals surface area (Å²) in [6.45, 7) is 2.04. The SMILES string of the molecule is Cc1ccn2c(C3CCCC3)nc(C=O)c2c1. The smallest absolute Gasteiger partial charge is 0.170 e. The Labute approximate surface area is 100 Å². The third kappa shape index (κ3) is 1.66. The van der Waals surface area contributed by atoms with E-state index in [-0.39, 0.29) is 0 Å². The Morgan fingerprint density at radius 3 is 2.88 bits per heavy atom. The van der Waals surface area contributed by atoms with Crippen LogP contribution in [0.1, 0.15) is 53.5 Å². The quantitative estimate of drug-likeness (QED) is 0.740. The van der Waals surface area contributed by atoms with Crippen molar-refractivity contribution >= 4 is 11.8 Å². The van der Waals surface area contributed by atoms with Crippen molar-refractivity contribution in [3.63, 3.8) is 0 Å². The van der Waals surface area contributed by atoms with E-state index in [1.165, 1.54) is 31.2 Å². The number of aryl methyl sites for hydroxylation is 1. The molecule has 0 aliphatic heterocycles. The van der Waals surface area contributed by atoms with E-state index < -0.39 is 0 Å². The van der Waals surface area contributed by atoms with Crippen LogP contribution in [0.2, 0.25) is 0 Å². The molecule has 0 atom stereocenters. The van der Waals surface area contributed by atoms with E-state index in [1.807, 2.05) is 19.2 Å². The molecule has 0 amide bonds. The van der Waals surface area contributed by atoms with Crippen molar-refractivity contribution < 1.29 is 4.79 Å². The number of hydrogen-bond acceptors (Lipinski definition) is 2. The lowest BCUT2D eigenvalue weighted by molar-refractivity contribution is 0.112. The van der Waals surface area contributed by atoms with E-state index in [0.29, 0.717) is 11.6 Å². The fourth-order valence-electron chi connectivity index (χ4n) is 2.80. The first kappa shape index (κ1) is 10.5. The lowest BCUT2D eigenvalue weighted by Gasteiger charge is -2.07. The molecule has 0 saturated heterocycles. The highest BCUT2D eigenvalue weighted by Crippen LogP contribution is 2.34. The van der Waals surface area contributed by atoms with Gasteiger partial charge >= 0.3 is 0 Å². The van der Waals surface area contributed by atoms with Crippen molar-refractivity contribution in [3.05, 3.63) is 35.4 Å². The first-order chi connectivity index (χ1) is 8.29. The molecule has 2 aromatic heterocycles. The second-order valence-corrected chi connectivity index (χ2v) is 4.91. The molecule has 2 heterocycles. The monoisotopic (exact) mass is 228 g/mol. The van der Waals surface area contributed by atoms with E-state index >= 15 is 0 Å². The van der Waals surface area contributed by atoms with Crippen LogP contribution < -0.4 is 0 Å². The van der Waals surface area contributed by atoms with Crippen molar-refractivity contribution in [3.8, 4) is 0 Å². The zero-order chi connectivity index (χ0) is 11.8. The van der Waals surface area contributed by atoms with Crippen molar-refractivity contribution in [1.29, 1.82) is 0 Å². The van der Waals surface area contributed by atoms with Gasteiger partial charge in [-0.15, -0.1) is 0 Å². The maximum atomic E-state index is 11.1. The zero-order valence-corrected chi connectivity index (χ0v) is 10.0. The molecule has 0 spiro atoms. The Balaban J connectivity index is 2.21. The minimum absolute atomic E-state index is 0.527. The number of aromatic nitrogens is 2. The van der Waals surface area contributed by atoms with Crippen LogP contribution in [-0.4, -0.2) is 15.7 Å². The average molecular weight is 228 g/mol. The van der Waals surface area contributed by atoms with Gasteiger partial charge in [-0.2, -0.15) is 0 Å². The molecule has 0 aromatic carbocycles. The van der Waals surface area contributed by atoms with Crippen LogP contribution in [0.25, 0.3) is 5.52 Å². The lowest BCUT2D eigenvalue weighted by Crippen LogP contribution is -1.99.